The van der Waals surface area contributed by atoms with Crippen molar-refractivity contribution in [3.63, 3.8) is 0 Å². The Bertz CT molecular complexity index is 705. The van der Waals surface area contributed by atoms with Crippen LogP contribution < -0.4 is 0 Å². The van der Waals surface area contributed by atoms with E-state index in [1.54, 1.807) is 24.3 Å². The lowest BCUT2D eigenvalue weighted by molar-refractivity contribution is -0.383. The van der Waals surface area contributed by atoms with Gasteiger partial charge in [0.25, 0.3) is 5.69 Å². The van der Waals surface area contributed by atoms with Gasteiger partial charge in [-0.1, -0.05) is 12.1 Å². The molecule has 7 nitrogen and oxygen atoms in total. The topological polar surface area (TPSA) is 86.2 Å². The maximum atomic E-state index is 10.9. The van der Waals surface area contributed by atoms with Gasteiger partial charge in [0.2, 0.25) is 0 Å². The molecular weight excluding hydrogens is 210 g/mol. The fourth-order valence-corrected chi connectivity index (χ4v) is 1.68. The molecule has 0 aliphatic rings. The summed E-state index contributed by atoms with van der Waals surface area (Å²) in [7, 11) is 0. The number of tetrazole rings is 1. The number of rotatable bonds is 1. The first-order valence-electron chi connectivity index (χ1n) is 4.51. The summed E-state index contributed by atoms with van der Waals surface area (Å²) in [6.45, 7) is 0. The summed E-state index contributed by atoms with van der Waals surface area (Å²) < 4.78 is 1.37. The second kappa shape index (κ2) is 2.96. The van der Waals surface area contributed by atoms with Crippen molar-refractivity contribution < 1.29 is 4.92 Å². The number of para-hydroxylation sites is 1. The van der Waals surface area contributed by atoms with Gasteiger partial charge in [0.15, 0.2) is 11.2 Å². The molecular formula is C9H5N5O2. The number of hydrogen-bond acceptors (Lipinski definition) is 5. The highest BCUT2D eigenvalue weighted by atomic mass is 16.6. The summed E-state index contributed by atoms with van der Waals surface area (Å²) in [5, 5.41) is 22.6. The maximum absolute atomic E-state index is 10.9. The van der Waals surface area contributed by atoms with Crippen LogP contribution in [-0.2, 0) is 0 Å². The molecule has 0 unspecified atom stereocenters. The molecule has 0 fully saturated rings. The van der Waals surface area contributed by atoms with Crippen LogP contribution in [0.15, 0.2) is 30.3 Å². The van der Waals surface area contributed by atoms with Crippen LogP contribution in [0.4, 0.5) is 5.69 Å². The van der Waals surface area contributed by atoms with Crippen LogP contribution in [0.5, 0.6) is 0 Å². The van der Waals surface area contributed by atoms with Crippen molar-refractivity contribution in [2.75, 3.05) is 0 Å². The summed E-state index contributed by atoms with van der Waals surface area (Å²) >= 11 is 0. The summed E-state index contributed by atoms with van der Waals surface area (Å²) in [6, 6.07) is 8.32. The Morgan fingerprint density at radius 2 is 2.12 bits per heavy atom. The number of nitrogens with zero attached hydrogens (tertiary/aromatic N) is 5. The van der Waals surface area contributed by atoms with Crippen LogP contribution in [0, 0.1) is 10.1 Å². The third-order valence-corrected chi connectivity index (χ3v) is 2.36. The molecule has 2 aromatic heterocycles. The maximum Gasteiger partial charge on any atom is 0.295 e. The number of nitro groups is 1. The molecule has 78 valence electrons. The average Bonchev–Trinajstić information content (AvgIpc) is 2.76. The van der Waals surface area contributed by atoms with Crippen LogP contribution in [0.3, 0.4) is 0 Å². The van der Waals surface area contributed by atoms with Gasteiger partial charge in [-0.05, 0) is 22.6 Å². The first-order valence-corrected chi connectivity index (χ1v) is 4.51. The molecule has 7 heteroatoms. The van der Waals surface area contributed by atoms with E-state index in [1.165, 1.54) is 10.6 Å². The number of non-ortho nitro benzene ring substituents is 1. The lowest BCUT2D eigenvalue weighted by atomic mass is 10.2. The van der Waals surface area contributed by atoms with Crippen molar-refractivity contribution in [3.05, 3.63) is 40.4 Å². The Balaban J connectivity index is 2.59. The third kappa shape index (κ3) is 1.05. The van der Waals surface area contributed by atoms with Gasteiger partial charge in [0.1, 0.15) is 0 Å². The number of aromatic nitrogens is 4. The molecule has 0 saturated carbocycles. The Morgan fingerprint density at radius 3 is 2.94 bits per heavy atom. The molecule has 0 aliphatic carbocycles. The van der Waals surface area contributed by atoms with Crippen molar-refractivity contribution >= 4 is 22.2 Å². The van der Waals surface area contributed by atoms with E-state index in [0.29, 0.717) is 11.2 Å². The highest BCUT2D eigenvalue weighted by Crippen LogP contribution is 2.24. The molecule has 0 spiro atoms. The summed E-state index contributed by atoms with van der Waals surface area (Å²) in [6.07, 6.45) is 0. The fourth-order valence-electron chi connectivity index (χ4n) is 1.68. The molecule has 0 aliphatic heterocycles. The molecule has 0 N–H and O–H groups in total. The molecule has 2 heterocycles. The minimum absolute atomic E-state index is 0.00426. The van der Waals surface area contributed by atoms with E-state index in [4.69, 9.17) is 0 Å². The van der Waals surface area contributed by atoms with Gasteiger partial charge in [-0.3, -0.25) is 10.1 Å². The highest BCUT2D eigenvalue weighted by molar-refractivity contribution is 5.89. The third-order valence-electron chi connectivity index (χ3n) is 2.36. The van der Waals surface area contributed by atoms with Crippen molar-refractivity contribution in [3.8, 4) is 0 Å². The SMILES string of the molecule is O=[N+]([O-])c1cccc2ccc3nnnn3c12. The van der Waals surface area contributed by atoms with Gasteiger partial charge >= 0.3 is 0 Å². The van der Waals surface area contributed by atoms with E-state index in [2.05, 4.69) is 15.5 Å². The van der Waals surface area contributed by atoms with Crippen LogP contribution >= 0.6 is 0 Å². The van der Waals surface area contributed by atoms with E-state index < -0.39 is 4.92 Å². The van der Waals surface area contributed by atoms with E-state index in [-0.39, 0.29) is 5.69 Å². The van der Waals surface area contributed by atoms with E-state index in [1.807, 2.05) is 0 Å². The Hall–Kier alpha value is -2.57. The monoisotopic (exact) mass is 215 g/mol. The predicted molar refractivity (Wildman–Crippen MR) is 54.9 cm³/mol. The quantitative estimate of drug-likeness (QED) is 0.449. The van der Waals surface area contributed by atoms with Crippen LogP contribution in [0.25, 0.3) is 16.6 Å². The van der Waals surface area contributed by atoms with Gasteiger partial charge in [-0.2, -0.15) is 4.52 Å². The number of fused-ring (bicyclic) bond motifs is 3. The van der Waals surface area contributed by atoms with Gasteiger partial charge in [0, 0.05) is 11.5 Å². The Labute approximate surface area is 88.4 Å². The van der Waals surface area contributed by atoms with Crippen molar-refractivity contribution in [2.45, 2.75) is 0 Å². The van der Waals surface area contributed by atoms with E-state index in [0.717, 1.165) is 5.39 Å². The van der Waals surface area contributed by atoms with Crippen LogP contribution in [-0.4, -0.2) is 25.0 Å². The second-order valence-corrected chi connectivity index (χ2v) is 3.25. The Kier molecular flexibility index (Phi) is 1.61. The van der Waals surface area contributed by atoms with Gasteiger partial charge in [-0.25, -0.2) is 0 Å². The largest absolute Gasteiger partial charge is 0.295 e. The van der Waals surface area contributed by atoms with Gasteiger partial charge < -0.3 is 0 Å². The van der Waals surface area contributed by atoms with Crippen molar-refractivity contribution in [2.24, 2.45) is 0 Å². The molecule has 3 rings (SSSR count). The molecule has 0 atom stereocenters. The summed E-state index contributed by atoms with van der Waals surface area (Å²) in [5.74, 6) is 0. The average molecular weight is 215 g/mol. The lowest BCUT2D eigenvalue weighted by Crippen LogP contribution is -1.96. The van der Waals surface area contributed by atoms with Gasteiger partial charge in [-0.15, -0.1) is 5.10 Å². The molecule has 1 aromatic carbocycles. The molecule has 0 bridgehead atoms. The number of benzene rings is 1. The first kappa shape index (κ1) is 8.72. The molecule has 16 heavy (non-hydrogen) atoms. The zero-order valence-corrected chi connectivity index (χ0v) is 7.94. The minimum atomic E-state index is -0.441. The molecule has 3 aromatic rings. The smallest absolute Gasteiger partial charge is 0.258 e. The zero-order chi connectivity index (χ0) is 11.1. The van der Waals surface area contributed by atoms with E-state index >= 15 is 0 Å². The summed E-state index contributed by atoms with van der Waals surface area (Å²) in [4.78, 5) is 10.5. The van der Waals surface area contributed by atoms with Crippen molar-refractivity contribution in [1.82, 2.24) is 20.0 Å². The number of hydrogen-bond donors (Lipinski definition) is 0. The molecule has 0 amide bonds. The van der Waals surface area contributed by atoms with Crippen LogP contribution in [0.1, 0.15) is 0 Å². The lowest BCUT2D eigenvalue weighted by Gasteiger charge is -2.00. The van der Waals surface area contributed by atoms with E-state index in [9.17, 15) is 10.1 Å². The second-order valence-electron chi connectivity index (χ2n) is 3.25. The molecule has 0 saturated heterocycles. The minimum Gasteiger partial charge on any atom is -0.258 e. The first-order chi connectivity index (χ1) is 7.77. The fraction of sp³-hybridized carbons (Fsp3) is 0. The number of nitro benzene ring substituents is 1. The van der Waals surface area contributed by atoms with Crippen molar-refractivity contribution in [1.29, 1.82) is 0 Å². The standard InChI is InChI=1S/C9H5N5O2/c15-14(16)7-3-1-2-6-4-5-8-10-11-12-13(8)9(6)7/h1-5H. The van der Waals surface area contributed by atoms with Gasteiger partial charge in [0.05, 0.1) is 4.92 Å². The summed E-state index contributed by atoms with van der Waals surface area (Å²) in [5.41, 5.74) is 0.896. The van der Waals surface area contributed by atoms with Crippen LogP contribution in [0.2, 0.25) is 0 Å². The predicted octanol–water partition coefficient (Wildman–Crippen LogP) is 1.19. The zero-order valence-electron chi connectivity index (χ0n) is 7.94. The normalized spacial score (nSPS) is 11.0. The highest BCUT2D eigenvalue weighted by Gasteiger charge is 2.15. The number of pyridine rings is 1. The molecule has 0 radical (unpaired) electrons. The Morgan fingerprint density at radius 1 is 1.25 bits per heavy atom.